The Morgan fingerprint density at radius 1 is 0.333 bits per heavy atom. The molecule has 0 bridgehead atoms. The van der Waals surface area contributed by atoms with Gasteiger partial charge in [-0.3, -0.25) is 0 Å². The molecule has 0 aromatic heterocycles. The van der Waals surface area contributed by atoms with E-state index in [-0.39, 0.29) is 5.54 Å². The van der Waals surface area contributed by atoms with Crippen molar-refractivity contribution in [2.24, 2.45) is 11.1 Å². The Morgan fingerprint density at radius 3 is 0.833 bits per heavy atom. The van der Waals surface area contributed by atoms with Crippen molar-refractivity contribution >= 4 is 0 Å². The molecule has 1 heteroatoms. The summed E-state index contributed by atoms with van der Waals surface area (Å²) in [6.45, 7) is 11.9. The number of hydrogen-bond donors (Lipinski definition) is 1. The van der Waals surface area contributed by atoms with E-state index in [0.717, 1.165) is 0 Å². The summed E-state index contributed by atoms with van der Waals surface area (Å²) in [5.74, 6) is 0. The van der Waals surface area contributed by atoms with Gasteiger partial charge in [-0.1, -0.05) is 189 Å². The highest BCUT2D eigenvalue weighted by Crippen LogP contribution is 2.45. The number of hydrogen-bond acceptors (Lipinski definition) is 1. The summed E-state index contributed by atoms with van der Waals surface area (Å²) in [4.78, 5) is 0. The first-order valence-corrected chi connectivity index (χ1v) is 17.3. The maximum absolute atomic E-state index is 7.58. The van der Waals surface area contributed by atoms with Gasteiger partial charge in [0.2, 0.25) is 0 Å². The molecule has 0 atom stereocenters. The Hall–Kier alpha value is -0.0400. The van der Waals surface area contributed by atoms with Gasteiger partial charge in [0.25, 0.3) is 0 Å². The van der Waals surface area contributed by atoms with Gasteiger partial charge in [0, 0.05) is 5.54 Å². The lowest BCUT2D eigenvalue weighted by Crippen LogP contribution is -2.54. The van der Waals surface area contributed by atoms with Crippen molar-refractivity contribution in [2.75, 3.05) is 0 Å². The molecule has 2 N–H and O–H groups in total. The van der Waals surface area contributed by atoms with E-state index in [9.17, 15) is 0 Å². The predicted molar refractivity (Wildman–Crippen MR) is 167 cm³/mol. The molecule has 0 radical (unpaired) electrons. The van der Waals surface area contributed by atoms with Crippen LogP contribution in [-0.4, -0.2) is 5.54 Å². The van der Waals surface area contributed by atoms with E-state index in [2.05, 4.69) is 34.6 Å². The van der Waals surface area contributed by atoms with E-state index in [1.54, 1.807) is 0 Å². The van der Waals surface area contributed by atoms with Crippen molar-refractivity contribution in [2.45, 2.75) is 220 Å². The van der Waals surface area contributed by atoms with E-state index in [4.69, 9.17) is 5.73 Å². The van der Waals surface area contributed by atoms with Crippen LogP contribution in [0.5, 0.6) is 0 Å². The maximum atomic E-state index is 7.58. The molecule has 0 aliphatic heterocycles. The van der Waals surface area contributed by atoms with Crippen molar-refractivity contribution in [3.05, 3.63) is 0 Å². The molecule has 218 valence electrons. The van der Waals surface area contributed by atoms with Crippen molar-refractivity contribution in [3.63, 3.8) is 0 Å². The summed E-state index contributed by atoms with van der Waals surface area (Å²) in [7, 11) is 0. The van der Waals surface area contributed by atoms with Gasteiger partial charge in [-0.05, 0) is 31.1 Å². The van der Waals surface area contributed by atoms with Crippen LogP contribution >= 0.6 is 0 Å². The van der Waals surface area contributed by atoms with E-state index in [1.807, 2.05) is 0 Å². The van der Waals surface area contributed by atoms with Crippen LogP contribution in [0.3, 0.4) is 0 Å². The molecule has 0 saturated carbocycles. The molecule has 0 aliphatic carbocycles. The largest absolute Gasteiger partial charge is 0.325 e. The fraction of sp³-hybridized carbons (Fsp3) is 1.00. The summed E-state index contributed by atoms with van der Waals surface area (Å²) in [5.41, 5.74) is 7.94. The van der Waals surface area contributed by atoms with Gasteiger partial charge in [0.15, 0.2) is 0 Å². The number of nitrogens with two attached hydrogens (primary N) is 1. The first-order chi connectivity index (χ1) is 17.5. The number of unbranched alkanes of at least 4 members (excludes halogenated alkanes) is 20. The standard InChI is InChI=1S/C35H73N/c1-6-10-14-18-22-26-30-34(5,31-27-23-19-15-11-7-2)35(36,32-28-24-20-16-12-8-3)33-29-25-21-17-13-9-4/h6-33,36H2,1-5H3. The highest BCUT2D eigenvalue weighted by atomic mass is 14.8. The third-order valence-corrected chi connectivity index (χ3v) is 9.32. The van der Waals surface area contributed by atoms with Crippen molar-refractivity contribution in [1.29, 1.82) is 0 Å². The molecule has 0 aromatic carbocycles. The molecule has 36 heavy (non-hydrogen) atoms. The minimum absolute atomic E-state index is 0.0371. The fourth-order valence-electron chi connectivity index (χ4n) is 6.38. The first-order valence-electron chi connectivity index (χ1n) is 17.3. The second-order valence-corrected chi connectivity index (χ2v) is 12.8. The highest BCUT2D eigenvalue weighted by molar-refractivity contribution is 5.00. The summed E-state index contributed by atoms with van der Waals surface area (Å²) in [6.07, 6.45) is 38.7. The SMILES string of the molecule is CCCCCCCCC(C)(CCCCCCCC)C(N)(CCCCCCCC)CCCCCCCC. The summed E-state index contributed by atoms with van der Waals surface area (Å²) >= 11 is 0. The van der Waals surface area contributed by atoms with E-state index in [1.165, 1.54) is 180 Å². The average Bonchev–Trinajstić information content (AvgIpc) is 2.87. The van der Waals surface area contributed by atoms with Crippen LogP contribution in [0.1, 0.15) is 214 Å². The monoisotopic (exact) mass is 508 g/mol. The summed E-state index contributed by atoms with van der Waals surface area (Å²) in [5, 5.41) is 0. The van der Waals surface area contributed by atoms with Crippen molar-refractivity contribution in [3.8, 4) is 0 Å². The lowest BCUT2D eigenvalue weighted by Gasteiger charge is -2.48. The van der Waals surface area contributed by atoms with Gasteiger partial charge in [0.1, 0.15) is 0 Å². The third kappa shape index (κ3) is 18.3. The maximum Gasteiger partial charge on any atom is 0.0208 e. The van der Waals surface area contributed by atoms with Gasteiger partial charge in [0.05, 0.1) is 0 Å². The topological polar surface area (TPSA) is 26.0 Å². The normalized spacial score (nSPS) is 12.5. The van der Waals surface area contributed by atoms with Gasteiger partial charge in [-0.25, -0.2) is 0 Å². The first kappa shape index (κ1) is 36.0. The zero-order valence-corrected chi connectivity index (χ0v) is 26.4. The molecule has 0 heterocycles. The smallest absolute Gasteiger partial charge is 0.0208 e. The lowest BCUT2D eigenvalue weighted by atomic mass is 9.61. The molecule has 0 saturated heterocycles. The Kier molecular flexibility index (Phi) is 25.2. The Bertz CT molecular complexity index is 356. The molecule has 0 aliphatic rings. The van der Waals surface area contributed by atoms with Gasteiger partial charge in [-0.2, -0.15) is 0 Å². The van der Waals surface area contributed by atoms with Crippen LogP contribution in [0.25, 0.3) is 0 Å². The van der Waals surface area contributed by atoms with Crippen LogP contribution in [0.2, 0.25) is 0 Å². The summed E-state index contributed by atoms with van der Waals surface area (Å²) < 4.78 is 0. The molecular formula is C35H73N. The van der Waals surface area contributed by atoms with E-state index < -0.39 is 0 Å². The second kappa shape index (κ2) is 25.2. The Morgan fingerprint density at radius 2 is 0.556 bits per heavy atom. The molecule has 0 aromatic rings. The van der Waals surface area contributed by atoms with Crippen LogP contribution in [0, 0.1) is 5.41 Å². The minimum atomic E-state index is 0.0371. The third-order valence-electron chi connectivity index (χ3n) is 9.32. The molecular weight excluding hydrogens is 434 g/mol. The highest BCUT2D eigenvalue weighted by Gasteiger charge is 2.43. The molecule has 0 fully saturated rings. The van der Waals surface area contributed by atoms with E-state index >= 15 is 0 Å². The quantitative estimate of drug-likeness (QED) is 0.100. The van der Waals surface area contributed by atoms with Crippen molar-refractivity contribution < 1.29 is 0 Å². The van der Waals surface area contributed by atoms with Gasteiger partial charge in [-0.15, -0.1) is 0 Å². The molecule has 1 nitrogen and oxygen atoms in total. The molecule has 0 amide bonds. The fourth-order valence-corrected chi connectivity index (χ4v) is 6.38. The zero-order valence-electron chi connectivity index (χ0n) is 26.4. The molecule has 0 spiro atoms. The van der Waals surface area contributed by atoms with Crippen molar-refractivity contribution in [1.82, 2.24) is 0 Å². The number of rotatable bonds is 29. The van der Waals surface area contributed by atoms with Gasteiger partial charge < -0.3 is 5.73 Å². The van der Waals surface area contributed by atoms with E-state index in [0.29, 0.717) is 5.41 Å². The van der Waals surface area contributed by atoms with Gasteiger partial charge >= 0.3 is 0 Å². The van der Waals surface area contributed by atoms with Crippen LogP contribution in [0.4, 0.5) is 0 Å². The molecule has 0 rings (SSSR count). The average molecular weight is 508 g/mol. The Labute approximate surface area is 230 Å². The molecule has 0 unspecified atom stereocenters. The lowest BCUT2D eigenvalue weighted by molar-refractivity contribution is 0.0832. The predicted octanol–water partition coefficient (Wildman–Crippen LogP) is 12.7. The minimum Gasteiger partial charge on any atom is -0.325 e. The van der Waals surface area contributed by atoms with Crippen LogP contribution < -0.4 is 5.73 Å². The van der Waals surface area contributed by atoms with Crippen LogP contribution in [-0.2, 0) is 0 Å². The summed E-state index contributed by atoms with van der Waals surface area (Å²) in [6, 6.07) is 0. The zero-order chi connectivity index (χ0) is 26.8. The Balaban J connectivity index is 5.15. The second-order valence-electron chi connectivity index (χ2n) is 12.8. The van der Waals surface area contributed by atoms with Crippen LogP contribution in [0.15, 0.2) is 0 Å².